The molecule has 1 aromatic heterocycles. The van der Waals surface area contributed by atoms with Crippen LogP contribution in [0.25, 0.3) is 0 Å². The van der Waals surface area contributed by atoms with Crippen LogP contribution in [0.3, 0.4) is 0 Å². The van der Waals surface area contributed by atoms with Crippen molar-refractivity contribution in [2.75, 3.05) is 16.8 Å². The molecule has 4 heteroatoms. The molecule has 1 aliphatic rings. The zero-order chi connectivity index (χ0) is 10.8. The first-order chi connectivity index (χ1) is 7.22. The van der Waals surface area contributed by atoms with Gasteiger partial charge in [-0.2, -0.15) is 0 Å². The summed E-state index contributed by atoms with van der Waals surface area (Å²) in [5.74, 6) is 1.27. The third-order valence-corrected chi connectivity index (χ3v) is 3.71. The second-order valence-corrected chi connectivity index (χ2v) is 4.66. The smallest absolute Gasteiger partial charge is 0.141 e. The van der Waals surface area contributed by atoms with E-state index in [4.69, 9.17) is 0 Å². The molecule has 0 aromatic carbocycles. The van der Waals surface area contributed by atoms with E-state index in [0.29, 0.717) is 12.0 Å². The van der Waals surface area contributed by atoms with Gasteiger partial charge in [0.25, 0.3) is 0 Å². The van der Waals surface area contributed by atoms with Crippen LogP contribution in [0, 0.1) is 11.7 Å². The van der Waals surface area contributed by atoms with E-state index in [2.05, 4.69) is 32.7 Å². The van der Waals surface area contributed by atoms with E-state index in [-0.39, 0.29) is 5.82 Å². The van der Waals surface area contributed by atoms with Crippen molar-refractivity contribution in [2.45, 2.75) is 19.4 Å². The van der Waals surface area contributed by atoms with E-state index in [0.717, 1.165) is 17.7 Å². The second kappa shape index (κ2) is 4.47. The third kappa shape index (κ3) is 2.14. The lowest BCUT2D eigenvalue weighted by molar-refractivity contribution is 0.552. The van der Waals surface area contributed by atoms with Crippen LogP contribution in [0.15, 0.2) is 18.3 Å². The summed E-state index contributed by atoms with van der Waals surface area (Å²) < 4.78 is 12.7. The van der Waals surface area contributed by atoms with Crippen molar-refractivity contribution in [1.82, 2.24) is 4.98 Å². The Morgan fingerprint density at radius 2 is 2.40 bits per heavy atom. The van der Waals surface area contributed by atoms with Gasteiger partial charge in [-0.15, -0.1) is 0 Å². The SMILES string of the molecule is CC1CCN(c2ccc(F)cn2)C1CBr. The minimum Gasteiger partial charge on any atom is -0.353 e. The quantitative estimate of drug-likeness (QED) is 0.770. The standard InChI is InChI=1S/C11H14BrFN2/c1-8-4-5-15(10(8)6-12)11-3-2-9(13)7-14-11/h2-3,7-8,10H,4-6H2,1H3. The fourth-order valence-electron chi connectivity index (χ4n) is 2.07. The van der Waals surface area contributed by atoms with Crippen molar-refractivity contribution in [3.8, 4) is 0 Å². The van der Waals surface area contributed by atoms with Crippen LogP contribution in [-0.4, -0.2) is 22.9 Å². The Balaban J connectivity index is 2.20. The summed E-state index contributed by atoms with van der Waals surface area (Å²) in [6, 6.07) is 3.70. The summed E-state index contributed by atoms with van der Waals surface area (Å²) >= 11 is 3.53. The van der Waals surface area contributed by atoms with Gasteiger partial charge in [-0.25, -0.2) is 9.37 Å². The van der Waals surface area contributed by atoms with Crippen molar-refractivity contribution >= 4 is 21.7 Å². The molecule has 2 nitrogen and oxygen atoms in total. The number of hydrogen-bond acceptors (Lipinski definition) is 2. The van der Waals surface area contributed by atoms with E-state index in [1.807, 2.05) is 0 Å². The first-order valence-corrected chi connectivity index (χ1v) is 6.28. The molecule has 1 aromatic rings. The molecular weight excluding hydrogens is 259 g/mol. The maximum atomic E-state index is 12.7. The number of nitrogens with zero attached hydrogens (tertiary/aromatic N) is 2. The molecule has 0 radical (unpaired) electrons. The van der Waals surface area contributed by atoms with E-state index in [1.54, 1.807) is 6.07 Å². The lowest BCUT2D eigenvalue weighted by Gasteiger charge is -2.26. The van der Waals surface area contributed by atoms with Gasteiger partial charge in [-0.05, 0) is 24.5 Å². The van der Waals surface area contributed by atoms with Crippen molar-refractivity contribution in [2.24, 2.45) is 5.92 Å². The summed E-state index contributed by atoms with van der Waals surface area (Å²) in [6.07, 6.45) is 2.46. The fourth-order valence-corrected chi connectivity index (χ4v) is 3.05. The Hall–Kier alpha value is -0.640. The third-order valence-electron chi connectivity index (χ3n) is 3.05. The van der Waals surface area contributed by atoms with E-state index < -0.39 is 0 Å². The molecule has 82 valence electrons. The molecule has 1 saturated heterocycles. The first-order valence-electron chi connectivity index (χ1n) is 5.16. The predicted octanol–water partition coefficient (Wildman–Crippen LogP) is 2.83. The van der Waals surface area contributed by atoms with Crippen LogP contribution in [0.4, 0.5) is 10.2 Å². The minimum atomic E-state index is -0.276. The Labute approximate surface area is 97.6 Å². The molecule has 0 amide bonds. The first kappa shape index (κ1) is 10.9. The molecule has 0 saturated carbocycles. The summed E-state index contributed by atoms with van der Waals surface area (Å²) in [5, 5.41) is 0.938. The largest absolute Gasteiger partial charge is 0.353 e. The van der Waals surface area contributed by atoms with Gasteiger partial charge in [0.1, 0.15) is 11.6 Å². The summed E-state index contributed by atoms with van der Waals surface area (Å²) in [6.45, 7) is 3.26. The second-order valence-electron chi connectivity index (χ2n) is 4.02. The maximum absolute atomic E-state index is 12.7. The van der Waals surface area contributed by atoms with Crippen LogP contribution < -0.4 is 4.90 Å². The number of rotatable bonds is 2. The van der Waals surface area contributed by atoms with E-state index in [1.165, 1.54) is 18.7 Å². The van der Waals surface area contributed by atoms with Gasteiger partial charge in [0.05, 0.1) is 6.20 Å². The Morgan fingerprint density at radius 1 is 1.60 bits per heavy atom. The lowest BCUT2D eigenvalue weighted by Crippen LogP contribution is -2.33. The van der Waals surface area contributed by atoms with Crippen molar-refractivity contribution in [3.05, 3.63) is 24.1 Å². The van der Waals surface area contributed by atoms with Gasteiger partial charge < -0.3 is 4.90 Å². The highest BCUT2D eigenvalue weighted by Crippen LogP contribution is 2.29. The fraction of sp³-hybridized carbons (Fsp3) is 0.545. The summed E-state index contributed by atoms with van der Waals surface area (Å²) in [5.41, 5.74) is 0. The average Bonchev–Trinajstić information content (AvgIpc) is 2.61. The molecule has 2 atom stereocenters. The molecule has 2 heterocycles. The molecule has 0 bridgehead atoms. The molecule has 2 unspecified atom stereocenters. The molecule has 0 spiro atoms. The van der Waals surface area contributed by atoms with Gasteiger partial charge in [0.2, 0.25) is 0 Å². The van der Waals surface area contributed by atoms with Crippen LogP contribution >= 0.6 is 15.9 Å². The number of aromatic nitrogens is 1. The Morgan fingerprint density at radius 3 is 3.00 bits per heavy atom. The number of alkyl halides is 1. The number of pyridine rings is 1. The average molecular weight is 273 g/mol. The summed E-state index contributed by atoms with van der Waals surface area (Å²) in [4.78, 5) is 6.37. The van der Waals surface area contributed by atoms with Crippen molar-refractivity contribution < 1.29 is 4.39 Å². The van der Waals surface area contributed by atoms with Crippen LogP contribution in [0.5, 0.6) is 0 Å². The monoisotopic (exact) mass is 272 g/mol. The van der Waals surface area contributed by atoms with Gasteiger partial charge in [0, 0.05) is 17.9 Å². The molecule has 1 fully saturated rings. The number of hydrogen-bond donors (Lipinski definition) is 0. The van der Waals surface area contributed by atoms with E-state index in [9.17, 15) is 4.39 Å². The molecule has 15 heavy (non-hydrogen) atoms. The zero-order valence-electron chi connectivity index (χ0n) is 8.66. The van der Waals surface area contributed by atoms with Crippen molar-refractivity contribution in [3.63, 3.8) is 0 Å². The van der Waals surface area contributed by atoms with Gasteiger partial charge in [-0.3, -0.25) is 0 Å². The Bertz CT molecular complexity index is 328. The summed E-state index contributed by atoms with van der Waals surface area (Å²) in [7, 11) is 0. The van der Waals surface area contributed by atoms with Gasteiger partial charge in [0.15, 0.2) is 0 Å². The highest BCUT2D eigenvalue weighted by molar-refractivity contribution is 9.09. The van der Waals surface area contributed by atoms with Crippen molar-refractivity contribution in [1.29, 1.82) is 0 Å². The predicted molar refractivity (Wildman–Crippen MR) is 62.9 cm³/mol. The molecule has 0 aliphatic carbocycles. The van der Waals surface area contributed by atoms with Crippen LogP contribution in [0.2, 0.25) is 0 Å². The number of anilines is 1. The molecule has 2 rings (SSSR count). The topological polar surface area (TPSA) is 16.1 Å². The normalized spacial score (nSPS) is 25.9. The maximum Gasteiger partial charge on any atom is 0.141 e. The molecule has 0 N–H and O–H groups in total. The zero-order valence-corrected chi connectivity index (χ0v) is 10.2. The Kier molecular flexibility index (Phi) is 3.24. The van der Waals surface area contributed by atoms with Gasteiger partial charge in [-0.1, -0.05) is 22.9 Å². The van der Waals surface area contributed by atoms with Crippen LogP contribution in [0.1, 0.15) is 13.3 Å². The molecular formula is C11H14BrFN2. The van der Waals surface area contributed by atoms with E-state index >= 15 is 0 Å². The number of halogens is 2. The minimum absolute atomic E-state index is 0.276. The molecule has 1 aliphatic heterocycles. The highest BCUT2D eigenvalue weighted by Gasteiger charge is 2.30. The highest BCUT2D eigenvalue weighted by atomic mass is 79.9. The lowest BCUT2D eigenvalue weighted by atomic mass is 10.1. The van der Waals surface area contributed by atoms with Gasteiger partial charge >= 0.3 is 0 Å². The van der Waals surface area contributed by atoms with Crippen LogP contribution in [-0.2, 0) is 0 Å².